The largest absolute Gasteiger partial charge is 0.492 e. The lowest BCUT2D eigenvalue weighted by Crippen LogP contribution is -1.98. The van der Waals surface area contributed by atoms with Crippen LogP contribution in [0, 0.1) is 0 Å². The van der Waals surface area contributed by atoms with E-state index in [2.05, 4.69) is 54.7 Å². The quantitative estimate of drug-likeness (QED) is 0.364. The molecule has 1 aromatic rings. The summed E-state index contributed by atoms with van der Waals surface area (Å²) in [6, 6.07) is 3.98. The Hall–Kier alpha value is 0.460. The third-order valence-corrected chi connectivity index (χ3v) is 4.94. The Bertz CT molecular complexity index is 353. The van der Waals surface area contributed by atoms with Crippen molar-refractivity contribution >= 4 is 47.8 Å². The lowest BCUT2D eigenvalue weighted by molar-refractivity contribution is 0.302. The topological polar surface area (TPSA) is 9.23 Å². The van der Waals surface area contributed by atoms with Crippen molar-refractivity contribution in [2.45, 2.75) is 39.0 Å². The molecule has 0 bridgehead atoms. The highest BCUT2D eigenvalue weighted by molar-refractivity contribution is 9.13. The number of hydrogen-bond acceptors (Lipinski definition) is 1. The zero-order valence-corrected chi connectivity index (χ0v) is 14.7. The molecular formula is C13H17Br3O. The van der Waals surface area contributed by atoms with Gasteiger partial charge in [-0.15, -0.1) is 0 Å². The standard InChI is InChI=1S/C13H17Br3O/c1-2-3-4-5-6-7-17-13-9-11(15)10(14)8-12(13)16/h8-9H,2-7H2,1H3. The summed E-state index contributed by atoms with van der Waals surface area (Å²) in [4.78, 5) is 0. The van der Waals surface area contributed by atoms with Crippen LogP contribution in [0.3, 0.4) is 0 Å². The predicted molar refractivity (Wildman–Crippen MR) is 83.8 cm³/mol. The van der Waals surface area contributed by atoms with Gasteiger partial charge in [-0.2, -0.15) is 0 Å². The molecule has 1 aromatic carbocycles. The highest BCUT2D eigenvalue weighted by Crippen LogP contribution is 2.34. The second-order valence-corrected chi connectivity index (χ2v) is 6.52. The first-order valence-corrected chi connectivity index (χ1v) is 8.30. The molecule has 0 aliphatic carbocycles. The molecule has 0 heterocycles. The van der Waals surface area contributed by atoms with Gasteiger partial charge in [0.05, 0.1) is 11.1 Å². The summed E-state index contributed by atoms with van der Waals surface area (Å²) in [7, 11) is 0. The molecule has 0 aliphatic rings. The number of ether oxygens (including phenoxy) is 1. The van der Waals surface area contributed by atoms with Crippen LogP contribution in [-0.2, 0) is 0 Å². The van der Waals surface area contributed by atoms with E-state index >= 15 is 0 Å². The second kappa shape index (κ2) is 8.54. The van der Waals surface area contributed by atoms with Crippen LogP contribution in [0.2, 0.25) is 0 Å². The van der Waals surface area contributed by atoms with Gasteiger partial charge in [0.25, 0.3) is 0 Å². The van der Waals surface area contributed by atoms with Crippen molar-refractivity contribution in [3.63, 3.8) is 0 Å². The first-order valence-electron chi connectivity index (χ1n) is 5.92. The zero-order valence-electron chi connectivity index (χ0n) is 9.94. The molecule has 0 unspecified atom stereocenters. The molecule has 0 saturated carbocycles. The first-order chi connectivity index (χ1) is 8.15. The van der Waals surface area contributed by atoms with E-state index in [0.717, 1.165) is 32.2 Å². The highest BCUT2D eigenvalue weighted by Gasteiger charge is 2.05. The fourth-order valence-corrected chi connectivity index (χ4v) is 2.93. The van der Waals surface area contributed by atoms with Crippen molar-refractivity contribution in [3.8, 4) is 5.75 Å². The van der Waals surface area contributed by atoms with Gasteiger partial charge in [-0.25, -0.2) is 0 Å². The third kappa shape index (κ3) is 5.75. The molecule has 0 N–H and O–H groups in total. The van der Waals surface area contributed by atoms with Gasteiger partial charge < -0.3 is 4.74 Å². The van der Waals surface area contributed by atoms with Crippen LogP contribution in [0.25, 0.3) is 0 Å². The average molecular weight is 429 g/mol. The third-order valence-electron chi connectivity index (χ3n) is 2.48. The van der Waals surface area contributed by atoms with Crippen LogP contribution in [0.4, 0.5) is 0 Å². The van der Waals surface area contributed by atoms with Crippen LogP contribution in [0.15, 0.2) is 25.6 Å². The number of benzene rings is 1. The zero-order chi connectivity index (χ0) is 12.7. The Morgan fingerprint density at radius 1 is 0.882 bits per heavy atom. The van der Waals surface area contributed by atoms with Crippen LogP contribution in [-0.4, -0.2) is 6.61 Å². The van der Waals surface area contributed by atoms with E-state index in [1.165, 1.54) is 25.7 Å². The number of unbranched alkanes of at least 4 members (excludes halogenated alkanes) is 4. The highest BCUT2D eigenvalue weighted by atomic mass is 79.9. The Kier molecular flexibility index (Phi) is 7.80. The first kappa shape index (κ1) is 15.5. The van der Waals surface area contributed by atoms with Crippen molar-refractivity contribution in [1.82, 2.24) is 0 Å². The molecule has 0 aliphatic heterocycles. The van der Waals surface area contributed by atoms with Crippen molar-refractivity contribution in [2.75, 3.05) is 6.61 Å². The number of halogens is 3. The Morgan fingerprint density at radius 2 is 1.53 bits per heavy atom. The molecular weight excluding hydrogens is 412 g/mol. The number of rotatable bonds is 7. The molecule has 0 atom stereocenters. The maximum Gasteiger partial charge on any atom is 0.134 e. The van der Waals surface area contributed by atoms with Gasteiger partial charge in [0.2, 0.25) is 0 Å². The Morgan fingerprint density at radius 3 is 2.24 bits per heavy atom. The van der Waals surface area contributed by atoms with Crippen LogP contribution in [0.5, 0.6) is 5.75 Å². The molecule has 0 fully saturated rings. The summed E-state index contributed by atoms with van der Waals surface area (Å²) in [5, 5.41) is 0. The Labute approximate surface area is 129 Å². The average Bonchev–Trinajstić information content (AvgIpc) is 2.30. The SMILES string of the molecule is CCCCCCCOc1cc(Br)c(Br)cc1Br. The van der Waals surface area contributed by atoms with Crippen LogP contribution in [0.1, 0.15) is 39.0 Å². The van der Waals surface area contributed by atoms with E-state index in [4.69, 9.17) is 4.74 Å². The van der Waals surface area contributed by atoms with Gasteiger partial charge >= 0.3 is 0 Å². The summed E-state index contributed by atoms with van der Waals surface area (Å²) >= 11 is 10.4. The molecule has 0 radical (unpaired) electrons. The van der Waals surface area contributed by atoms with E-state index in [0.29, 0.717) is 0 Å². The van der Waals surface area contributed by atoms with Crippen LogP contribution >= 0.6 is 47.8 Å². The van der Waals surface area contributed by atoms with Gasteiger partial charge in [-0.1, -0.05) is 32.6 Å². The summed E-state index contributed by atoms with van der Waals surface area (Å²) in [5.74, 6) is 0.899. The van der Waals surface area contributed by atoms with E-state index < -0.39 is 0 Å². The lowest BCUT2D eigenvalue weighted by atomic mass is 10.2. The van der Waals surface area contributed by atoms with Gasteiger partial charge in [0.1, 0.15) is 5.75 Å². The van der Waals surface area contributed by atoms with Crippen molar-refractivity contribution in [3.05, 3.63) is 25.6 Å². The maximum absolute atomic E-state index is 5.76. The molecule has 96 valence electrons. The smallest absolute Gasteiger partial charge is 0.134 e. The molecule has 1 rings (SSSR count). The second-order valence-electron chi connectivity index (χ2n) is 3.96. The van der Waals surface area contributed by atoms with Gasteiger partial charge in [-0.05, 0) is 66.3 Å². The minimum Gasteiger partial charge on any atom is -0.492 e. The molecule has 17 heavy (non-hydrogen) atoms. The molecule has 1 nitrogen and oxygen atoms in total. The predicted octanol–water partition coefficient (Wildman–Crippen LogP) is 6.32. The van der Waals surface area contributed by atoms with E-state index in [-0.39, 0.29) is 0 Å². The molecule has 0 aromatic heterocycles. The monoisotopic (exact) mass is 426 g/mol. The van der Waals surface area contributed by atoms with Crippen molar-refractivity contribution in [2.24, 2.45) is 0 Å². The fourth-order valence-electron chi connectivity index (χ4n) is 1.50. The minimum absolute atomic E-state index is 0.788. The van der Waals surface area contributed by atoms with Crippen LogP contribution < -0.4 is 4.74 Å². The van der Waals surface area contributed by atoms with Crippen molar-refractivity contribution < 1.29 is 4.74 Å². The summed E-state index contributed by atoms with van der Waals surface area (Å²) in [6.07, 6.45) is 6.30. The summed E-state index contributed by atoms with van der Waals surface area (Å²) in [5.41, 5.74) is 0. The maximum atomic E-state index is 5.76. The van der Waals surface area contributed by atoms with E-state index in [1.807, 2.05) is 12.1 Å². The minimum atomic E-state index is 0.788. The number of hydrogen-bond donors (Lipinski definition) is 0. The molecule has 4 heteroatoms. The molecule has 0 spiro atoms. The van der Waals surface area contributed by atoms with Gasteiger partial charge in [-0.3, -0.25) is 0 Å². The van der Waals surface area contributed by atoms with Gasteiger partial charge in [0, 0.05) is 8.95 Å². The van der Waals surface area contributed by atoms with E-state index in [9.17, 15) is 0 Å². The summed E-state index contributed by atoms with van der Waals surface area (Å²) < 4.78 is 8.79. The normalized spacial score (nSPS) is 10.6. The van der Waals surface area contributed by atoms with Crippen molar-refractivity contribution in [1.29, 1.82) is 0 Å². The molecule has 0 amide bonds. The molecule has 0 saturated heterocycles. The Balaban J connectivity index is 2.34. The van der Waals surface area contributed by atoms with Gasteiger partial charge in [0.15, 0.2) is 0 Å². The van der Waals surface area contributed by atoms with E-state index in [1.54, 1.807) is 0 Å². The summed E-state index contributed by atoms with van der Waals surface area (Å²) in [6.45, 7) is 3.02. The lowest BCUT2D eigenvalue weighted by Gasteiger charge is -2.09. The fraction of sp³-hybridized carbons (Fsp3) is 0.538.